The number of para-hydroxylation sites is 1. The van der Waals surface area contributed by atoms with E-state index in [9.17, 15) is 14.9 Å². The molecule has 2 aromatic carbocycles. The molecule has 0 spiro atoms. The molecule has 4 rings (SSSR count). The van der Waals surface area contributed by atoms with Gasteiger partial charge in [-0.15, -0.1) is 0 Å². The van der Waals surface area contributed by atoms with Gasteiger partial charge in [-0.2, -0.15) is 5.26 Å². The summed E-state index contributed by atoms with van der Waals surface area (Å²) in [7, 11) is 0. The monoisotopic (exact) mass is 477 g/mol. The van der Waals surface area contributed by atoms with E-state index in [0.29, 0.717) is 46.2 Å². The van der Waals surface area contributed by atoms with Crippen molar-refractivity contribution in [1.82, 2.24) is 0 Å². The number of nitrogens with zero attached hydrogens (tertiary/aromatic N) is 1. The normalized spacial score (nSPS) is 19.1. The summed E-state index contributed by atoms with van der Waals surface area (Å²) >= 11 is 6.08. The molecule has 0 saturated carbocycles. The minimum Gasteiger partial charge on any atom is -0.484 e. The Morgan fingerprint density at radius 1 is 1.26 bits per heavy atom. The fraction of sp³-hybridized carbons (Fsp3) is 0.269. The van der Waals surface area contributed by atoms with Crippen molar-refractivity contribution in [3.63, 3.8) is 0 Å². The lowest BCUT2D eigenvalue weighted by atomic mass is 9.70. The predicted molar refractivity (Wildman–Crippen MR) is 128 cm³/mol. The summed E-state index contributed by atoms with van der Waals surface area (Å²) in [6.07, 6.45) is 0.894. The Balaban J connectivity index is 1.58. The second-order valence-corrected chi connectivity index (χ2v) is 9.50. The van der Waals surface area contributed by atoms with Crippen LogP contribution in [0.4, 0.5) is 5.69 Å². The minimum absolute atomic E-state index is 0.00203. The topological polar surface area (TPSA) is 114 Å². The van der Waals surface area contributed by atoms with Gasteiger partial charge < -0.3 is 20.5 Å². The second kappa shape index (κ2) is 9.24. The van der Waals surface area contributed by atoms with E-state index in [0.717, 1.165) is 0 Å². The van der Waals surface area contributed by atoms with Crippen molar-refractivity contribution in [3.05, 3.63) is 81.9 Å². The largest absolute Gasteiger partial charge is 0.484 e. The third-order valence-electron chi connectivity index (χ3n) is 5.78. The summed E-state index contributed by atoms with van der Waals surface area (Å²) in [6.45, 7) is 3.75. The van der Waals surface area contributed by atoms with Gasteiger partial charge in [-0.25, -0.2) is 0 Å². The van der Waals surface area contributed by atoms with E-state index in [1.807, 2.05) is 13.8 Å². The first kappa shape index (κ1) is 23.4. The van der Waals surface area contributed by atoms with Crippen LogP contribution in [0.1, 0.15) is 38.2 Å². The van der Waals surface area contributed by atoms with Crippen molar-refractivity contribution in [1.29, 1.82) is 5.26 Å². The zero-order valence-electron chi connectivity index (χ0n) is 18.9. The molecule has 0 aromatic heterocycles. The molecule has 0 fully saturated rings. The number of halogens is 1. The summed E-state index contributed by atoms with van der Waals surface area (Å²) in [5, 5.41) is 12.9. The highest BCUT2D eigenvalue weighted by Gasteiger charge is 2.43. The SMILES string of the molecule is CC1(C)CC(=O)C2=C(C1)OC(N)=C(C#N)C2c1cccc(OCC(=O)Nc2ccccc2Cl)c1. The molecule has 174 valence electrons. The van der Waals surface area contributed by atoms with Crippen LogP contribution in [-0.2, 0) is 14.3 Å². The Morgan fingerprint density at radius 3 is 2.76 bits per heavy atom. The number of allylic oxidation sites excluding steroid dienone is 3. The van der Waals surface area contributed by atoms with Crippen molar-refractivity contribution >= 4 is 29.0 Å². The molecule has 1 heterocycles. The Labute approximate surface area is 202 Å². The van der Waals surface area contributed by atoms with Gasteiger partial charge in [0.05, 0.1) is 16.6 Å². The van der Waals surface area contributed by atoms with E-state index in [4.69, 9.17) is 26.8 Å². The molecular formula is C26H24ClN3O4. The molecule has 3 N–H and O–H groups in total. The van der Waals surface area contributed by atoms with Crippen LogP contribution in [0.3, 0.4) is 0 Å². The average Bonchev–Trinajstić information content (AvgIpc) is 2.77. The third kappa shape index (κ3) is 4.78. The fourth-order valence-corrected chi connectivity index (χ4v) is 4.48. The number of Topliss-reactive ketones (excluding diaryl/α,β-unsaturated/α-hetero) is 1. The standard InChI is InChI=1S/C26H24ClN3O4/c1-26(2)11-20(31)24-21(12-26)34-25(29)17(13-28)23(24)15-6-5-7-16(10-15)33-14-22(32)30-19-9-4-3-8-18(19)27/h3-10,23H,11-12,14,29H2,1-2H3,(H,30,32). The first-order valence-electron chi connectivity index (χ1n) is 10.8. The van der Waals surface area contributed by atoms with Gasteiger partial charge in [0.2, 0.25) is 5.88 Å². The lowest BCUT2D eigenvalue weighted by Gasteiger charge is -2.37. The van der Waals surface area contributed by atoms with Crippen LogP contribution in [0.15, 0.2) is 71.3 Å². The van der Waals surface area contributed by atoms with Gasteiger partial charge in [0.15, 0.2) is 12.4 Å². The van der Waals surface area contributed by atoms with Crippen LogP contribution < -0.4 is 15.8 Å². The highest BCUT2D eigenvalue weighted by Crippen LogP contribution is 2.48. The van der Waals surface area contributed by atoms with E-state index >= 15 is 0 Å². The third-order valence-corrected chi connectivity index (χ3v) is 6.11. The Bertz CT molecular complexity index is 1270. The van der Waals surface area contributed by atoms with Crippen molar-refractivity contribution < 1.29 is 19.1 Å². The average molecular weight is 478 g/mol. The molecular weight excluding hydrogens is 454 g/mol. The molecule has 1 aliphatic heterocycles. The second-order valence-electron chi connectivity index (χ2n) is 9.09. The van der Waals surface area contributed by atoms with Crippen molar-refractivity contribution in [2.45, 2.75) is 32.6 Å². The van der Waals surface area contributed by atoms with Crippen LogP contribution in [-0.4, -0.2) is 18.3 Å². The molecule has 2 aliphatic rings. The Hall–Kier alpha value is -3.76. The number of rotatable bonds is 5. The molecule has 1 aliphatic carbocycles. The molecule has 8 heteroatoms. The lowest BCUT2D eigenvalue weighted by Crippen LogP contribution is -2.33. The number of benzene rings is 2. The number of hydrogen-bond donors (Lipinski definition) is 2. The molecule has 0 bridgehead atoms. The number of carbonyl (C=O) groups is 2. The Kier molecular flexibility index (Phi) is 6.36. The molecule has 1 atom stereocenters. The van der Waals surface area contributed by atoms with E-state index in [2.05, 4.69) is 11.4 Å². The van der Waals surface area contributed by atoms with Crippen LogP contribution >= 0.6 is 11.6 Å². The summed E-state index contributed by atoms with van der Waals surface area (Å²) in [5.74, 6) is -0.170. The van der Waals surface area contributed by atoms with Crippen LogP contribution in [0.2, 0.25) is 5.02 Å². The van der Waals surface area contributed by atoms with Crippen LogP contribution in [0.5, 0.6) is 5.75 Å². The molecule has 2 aromatic rings. The van der Waals surface area contributed by atoms with E-state index < -0.39 is 5.92 Å². The van der Waals surface area contributed by atoms with Gasteiger partial charge in [0, 0.05) is 18.4 Å². The summed E-state index contributed by atoms with van der Waals surface area (Å²) in [6, 6.07) is 16.0. The molecule has 7 nitrogen and oxygen atoms in total. The van der Waals surface area contributed by atoms with Crippen LogP contribution in [0.25, 0.3) is 0 Å². The summed E-state index contributed by atoms with van der Waals surface area (Å²) in [4.78, 5) is 25.4. The number of ether oxygens (including phenoxy) is 2. The lowest BCUT2D eigenvalue weighted by molar-refractivity contribution is -0.119. The van der Waals surface area contributed by atoms with Gasteiger partial charge in [-0.1, -0.05) is 49.7 Å². The molecule has 1 unspecified atom stereocenters. The highest BCUT2D eigenvalue weighted by atomic mass is 35.5. The van der Waals surface area contributed by atoms with Gasteiger partial charge in [-0.05, 0) is 35.2 Å². The number of ketones is 1. The maximum atomic E-state index is 13.1. The van der Waals surface area contributed by atoms with Gasteiger partial charge in [0.25, 0.3) is 5.91 Å². The van der Waals surface area contributed by atoms with Crippen molar-refractivity contribution in [2.24, 2.45) is 11.1 Å². The van der Waals surface area contributed by atoms with Crippen LogP contribution in [0, 0.1) is 16.7 Å². The summed E-state index contributed by atoms with van der Waals surface area (Å²) in [5.41, 5.74) is 7.61. The maximum Gasteiger partial charge on any atom is 0.262 e. The van der Waals surface area contributed by atoms with E-state index in [-0.39, 0.29) is 35.2 Å². The zero-order chi connectivity index (χ0) is 24.5. The van der Waals surface area contributed by atoms with E-state index in [1.165, 1.54) is 0 Å². The maximum absolute atomic E-state index is 13.1. The zero-order valence-corrected chi connectivity index (χ0v) is 19.6. The number of nitrogens with two attached hydrogens (primary N) is 1. The number of nitriles is 1. The van der Waals surface area contributed by atoms with Gasteiger partial charge in [0.1, 0.15) is 23.2 Å². The van der Waals surface area contributed by atoms with Gasteiger partial charge in [-0.3, -0.25) is 9.59 Å². The quantitative estimate of drug-likeness (QED) is 0.638. The summed E-state index contributed by atoms with van der Waals surface area (Å²) < 4.78 is 11.4. The number of anilines is 1. The molecule has 0 saturated heterocycles. The smallest absolute Gasteiger partial charge is 0.262 e. The number of amides is 1. The number of carbonyl (C=O) groups excluding carboxylic acids is 2. The minimum atomic E-state index is -0.655. The van der Waals surface area contributed by atoms with Gasteiger partial charge >= 0.3 is 0 Å². The molecule has 34 heavy (non-hydrogen) atoms. The number of hydrogen-bond acceptors (Lipinski definition) is 6. The molecule has 0 radical (unpaired) electrons. The van der Waals surface area contributed by atoms with E-state index in [1.54, 1.807) is 48.5 Å². The predicted octanol–water partition coefficient (Wildman–Crippen LogP) is 4.81. The highest BCUT2D eigenvalue weighted by molar-refractivity contribution is 6.33. The fourth-order valence-electron chi connectivity index (χ4n) is 4.30. The number of nitrogens with one attached hydrogen (secondary N) is 1. The first-order chi connectivity index (χ1) is 16.2. The Morgan fingerprint density at radius 2 is 2.03 bits per heavy atom. The van der Waals surface area contributed by atoms with Crippen molar-refractivity contribution in [3.8, 4) is 11.8 Å². The van der Waals surface area contributed by atoms with Crippen molar-refractivity contribution in [2.75, 3.05) is 11.9 Å². The first-order valence-corrected chi connectivity index (χ1v) is 11.2. The molecule has 1 amide bonds.